The maximum absolute atomic E-state index is 12.9. The van der Waals surface area contributed by atoms with Crippen LogP contribution in [0.1, 0.15) is 11.3 Å². The third-order valence-corrected chi connectivity index (χ3v) is 6.64. The average molecular weight is 522 g/mol. The molecule has 3 heterocycles. The number of amides is 1. The minimum atomic E-state index is -0.563. The smallest absolute Gasteiger partial charge is 0.274 e. The van der Waals surface area contributed by atoms with E-state index in [-0.39, 0.29) is 5.71 Å². The topological polar surface area (TPSA) is 120 Å². The summed E-state index contributed by atoms with van der Waals surface area (Å²) < 4.78 is 5.90. The molecular formula is C30H31N7O2. The second-order valence-corrected chi connectivity index (χ2v) is 9.57. The van der Waals surface area contributed by atoms with Crippen LogP contribution in [0.2, 0.25) is 0 Å². The Balaban J connectivity index is 1.25. The van der Waals surface area contributed by atoms with Gasteiger partial charge in [0.2, 0.25) is 0 Å². The lowest BCUT2D eigenvalue weighted by Crippen LogP contribution is -2.44. The molecule has 5 rings (SSSR count). The molecule has 0 radical (unpaired) electrons. The molecule has 1 aliphatic rings. The van der Waals surface area contributed by atoms with Crippen molar-refractivity contribution in [3.63, 3.8) is 0 Å². The van der Waals surface area contributed by atoms with Gasteiger partial charge in [0.25, 0.3) is 5.91 Å². The van der Waals surface area contributed by atoms with Crippen molar-refractivity contribution in [2.45, 2.75) is 6.54 Å². The van der Waals surface area contributed by atoms with Gasteiger partial charge >= 0.3 is 0 Å². The van der Waals surface area contributed by atoms with Gasteiger partial charge in [-0.15, -0.1) is 0 Å². The molecule has 4 N–H and O–H groups in total. The fourth-order valence-electron chi connectivity index (χ4n) is 4.35. The highest BCUT2D eigenvalue weighted by molar-refractivity contribution is 6.48. The van der Waals surface area contributed by atoms with Gasteiger partial charge in [0, 0.05) is 55.7 Å². The minimum Gasteiger partial charge on any atom is -0.456 e. The normalized spacial score (nSPS) is 14.1. The second-order valence-electron chi connectivity index (χ2n) is 9.57. The largest absolute Gasteiger partial charge is 0.456 e. The molecule has 1 saturated heterocycles. The molecule has 198 valence electrons. The molecule has 2 aromatic carbocycles. The van der Waals surface area contributed by atoms with E-state index in [1.165, 1.54) is 0 Å². The summed E-state index contributed by atoms with van der Waals surface area (Å²) in [7, 11) is 2.13. The van der Waals surface area contributed by atoms with Gasteiger partial charge in [-0.2, -0.15) is 0 Å². The van der Waals surface area contributed by atoms with Crippen molar-refractivity contribution in [3.05, 3.63) is 96.6 Å². The van der Waals surface area contributed by atoms with E-state index >= 15 is 0 Å². The Morgan fingerprint density at radius 3 is 2.49 bits per heavy atom. The number of pyridine rings is 2. The van der Waals surface area contributed by atoms with Crippen LogP contribution >= 0.6 is 0 Å². The van der Waals surface area contributed by atoms with E-state index in [9.17, 15) is 4.79 Å². The van der Waals surface area contributed by atoms with E-state index in [1.807, 2.05) is 54.6 Å². The van der Waals surface area contributed by atoms with Crippen LogP contribution in [0.3, 0.4) is 0 Å². The standard InChI is InChI=1S/C30H31N7O2/c1-36-11-13-37(14-12-36)20-24-9-8-23(18-34-24)35-30(38)29(32)27-16-21(7-10-28(27)31)22-15-26(19-33-17-22)39-25-5-3-2-4-6-25/h2-10,15-19,32H,11-14,20,31H2,1H3,(H,35,38). The van der Waals surface area contributed by atoms with Gasteiger partial charge in [0.15, 0.2) is 0 Å². The Morgan fingerprint density at radius 1 is 0.949 bits per heavy atom. The molecular weight excluding hydrogens is 490 g/mol. The number of carbonyl (C=O) groups is 1. The molecule has 39 heavy (non-hydrogen) atoms. The first-order chi connectivity index (χ1) is 18.9. The summed E-state index contributed by atoms with van der Waals surface area (Å²) in [6, 6.07) is 20.3. The van der Waals surface area contributed by atoms with Crippen LogP contribution in [0.5, 0.6) is 11.5 Å². The van der Waals surface area contributed by atoms with Crippen LogP contribution in [-0.2, 0) is 11.3 Å². The first-order valence-electron chi connectivity index (χ1n) is 12.8. The highest BCUT2D eigenvalue weighted by Crippen LogP contribution is 2.28. The van der Waals surface area contributed by atoms with Crippen molar-refractivity contribution in [3.8, 4) is 22.6 Å². The van der Waals surface area contributed by atoms with E-state index in [1.54, 1.807) is 30.7 Å². The number of hydrogen-bond acceptors (Lipinski definition) is 8. The number of hydrogen-bond donors (Lipinski definition) is 3. The molecule has 9 heteroatoms. The molecule has 0 unspecified atom stereocenters. The van der Waals surface area contributed by atoms with Gasteiger partial charge in [-0.3, -0.25) is 25.1 Å². The van der Waals surface area contributed by atoms with E-state index in [4.69, 9.17) is 15.9 Å². The van der Waals surface area contributed by atoms with Crippen LogP contribution < -0.4 is 15.8 Å². The van der Waals surface area contributed by atoms with Crippen molar-refractivity contribution >= 4 is 23.0 Å². The average Bonchev–Trinajstić information content (AvgIpc) is 2.96. The van der Waals surface area contributed by atoms with Crippen molar-refractivity contribution in [1.29, 1.82) is 5.41 Å². The predicted molar refractivity (Wildman–Crippen MR) is 153 cm³/mol. The van der Waals surface area contributed by atoms with E-state index < -0.39 is 5.91 Å². The van der Waals surface area contributed by atoms with Gasteiger partial charge in [-0.25, -0.2) is 0 Å². The maximum Gasteiger partial charge on any atom is 0.274 e. The van der Waals surface area contributed by atoms with Gasteiger partial charge in [0.1, 0.15) is 17.2 Å². The number of carbonyl (C=O) groups excluding carboxylic acids is 1. The predicted octanol–water partition coefficient (Wildman–Crippen LogP) is 4.27. The summed E-state index contributed by atoms with van der Waals surface area (Å²) in [4.78, 5) is 26.4. The molecule has 1 aliphatic heterocycles. The van der Waals surface area contributed by atoms with Crippen LogP contribution in [0.4, 0.5) is 11.4 Å². The van der Waals surface area contributed by atoms with E-state index in [0.29, 0.717) is 28.4 Å². The molecule has 0 bridgehead atoms. The van der Waals surface area contributed by atoms with Crippen LogP contribution in [0, 0.1) is 5.41 Å². The van der Waals surface area contributed by atoms with Gasteiger partial charge in [-0.1, -0.05) is 24.3 Å². The summed E-state index contributed by atoms with van der Waals surface area (Å²) in [6.45, 7) is 4.88. The number of aromatic nitrogens is 2. The summed E-state index contributed by atoms with van der Waals surface area (Å²) in [5, 5.41) is 11.3. The van der Waals surface area contributed by atoms with Crippen LogP contribution in [0.15, 0.2) is 85.3 Å². The van der Waals surface area contributed by atoms with E-state index in [0.717, 1.165) is 49.5 Å². The zero-order valence-corrected chi connectivity index (χ0v) is 21.8. The first kappa shape index (κ1) is 26.0. The molecule has 9 nitrogen and oxygen atoms in total. The summed E-state index contributed by atoms with van der Waals surface area (Å²) in [5.41, 5.74) is 9.61. The number of rotatable bonds is 8. The number of nitrogens with two attached hydrogens (primary N) is 1. The molecule has 0 aliphatic carbocycles. The Hall–Kier alpha value is -4.60. The molecule has 0 spiro atoms. The zero-order valence-electron chi connectivity index (χ0n) is 21.8. The lowest BCUT2D eigenvalue weighted by molar-refractivity contribution is -0.110. The van der Waals surface area contributed by atoms with Crippen molar-refractivity contribution in [1.82, 2.24) is 19.8 Å². The summed E-state index contributed by atoms with van der Waals surface area (Å²) in [5.74, 6) is 0.718. The number of piperazine rings is 1. The fraction of sp³-hybridized carbons (Fsp3) is 0.200. The number of nitrogens with one attached hydrogen (secondary N) is 2. The zero-order chi connectivity index (χ0) is 27.2. The third-order valence-electron chi connectivity index (χ3n) is 6.64. The van der Waals surface area contributed by atoms with Gasteiger partial charge in [-0.05, 0) is 55.1 Å². The Morgan fingerprint density at radius 2 is 1.74 bits per heavy atom. The van der Waals surface area contributed by atoms with Crippen molar-refractivity contribution in [2.75, 3.05) is 44.3 Å². The monoisotopic (exact) mass is 521 g/mol. The second kappa shape index (κ2) is 11.8. The van der Waals surface area contributed by atoms with E-state index in [2.05, 4.69) is 32.1 Å². The highest BCUT2D eigenvalue weighted by Gasteiger charge is 2.18. The molecule has 1 fully saturated rings. The first-order valence-corrected chi connectivity index (χ1v) is 12.8. The Bertz CT molecular complexity index is 1450. The lowest BCUT2D eigenvalue weighted by Gasteiger charge is -2.32. The van der Waals surface area contributed by atoms with Crippen molar-refractivity contribution in [2.24, 2.45) is 0 Å². The number of para-hydroxylation sites is 1. The third kappa shape index (κ3) is 6.64. The van der Waals surface area contributed by atoms with Gasteiger partial charge < -0.3 is 20.7 Å². The van der Waals surface area contributed by atoms with Crippen molar-refractivity contribution < 1.29 is 9.53 Å². The fourth-order valence-corrected chi connectivity index (χ4v) is 4.35. The minimum absolute atomic E-state index is 0.236. The molecule has 2 aromatic heterocycles. The highest BCUT2D eigenvalue weighted by atomic mass is 16.5. The quantitative estimate of drug-likeness (QED) is 0.234. The number of likely N-dealkylation sites (N-methyl/N-ethyl adjacent to an activating group) is 1. The Kier molecular flexibility index (Phi) is 7.91. The maximum atomic E-state index is 12.9. The molecule has 1 amide bonds. The number of nitrogen functional groups attached to an aromatic ring is 1. The van der Waals surface area contributed by atoms with Gasteiger partial charge in [0.05, 0.1) is 23.8 Å². The SMILES string of the molecule is CN1CCN(Cc2ccc(NC(=O)C(=N)c3cc(-c4cncc(Oc5ccccc5)c4)ccc3N)cn2)CC1. The molecule has 0 saturated carbocycles. The van der Waals surface area contributed by atoms with Crippen LogP contribution in [0.25, 0.3) is 11.1 Å². The number of nitrogens with zero attached hydrogens (tertiary/aromatic N) is 4. The lowest BCUT2D eigenvalue weighted by atomic mass is 10.00. The Labute approximate surface area is 227 Å². The number of ether oxygens (including phenoxy) is 1. The number of benzene rings is 2. The summed E-state index contributed by atoms with van der Waals surface area (Å²) in [6.07, 6.45) is 4.96. The summed E-state index contributed by atoms with van der Waals surface area (Å²) >= 11 is 0. The van der Waals surface area contributed by atoms with Crippen LogP contribution in [-0.4, -0.2) is 64.6 Å². The number of anilines is 2. The molecule has 4 aromatic rings. The molecule has 0 atom stereocenters.